The van der Waals surface area contributed by atoms with E-state index in [9.17, 15) is 0 Å². The minimum Gasteiger partial charge on any atom is -0.344 e. The highest BCUT2D eigenvalue weighted by atomic mass is 79.9. The van der Waals surface area contributed by atoms with Gasteiger partial charge < -0.3 is 4.90 Å². The lowest BCUT2D eigenvalue weighted by Gasteiger charge is -2.29. The van der Waals surface area contributed by atoms with Gasteiger partial charge in [-0.25, -0.2) is 0 Å². The highest BCUT2D eigenvalue weighted by Gasteiger charge is 2.22. The Kier molecular flexibility index (Phi) is 4.05. The van der Waals surface area contributed by atoms with Crippen LogP contribution in [-0.2, 0) is 6.67 Å². The highest BCUT2D eigenvalue weighted by molar-refractivity contribution is 9.10. The number of halogens is 2. The first-order valence-electron chi connectivity index (χ1n) is 7.03. The second-order valence-electron chi connectivity index (χ2n) is 5.17. The largest absolute Gasteiger partial charge is 0.344 e. The van der Waals surface area contributed by atoms with E-state index in [4.69, 9.17) is 11.6 Å². The molecule has 1 aromatic heterocycles. The first-order chi connectivity index (χ1) is 11.2. The van der Waals surface area contributed by atoms with Crippen LogP contribution < -0.4 is 4.90 Å². The minimum atomic E-state index is 0.720. The number of hydrogen-bond acceptors (Lipinski definition) is 4. The molecule has 7 heteroatoms. The third-order valence-electron chi connectivity index (χ3n) is 3.67. The number of hydrogen-bond donors (Lipinski definition) is 0. The second kappa shape index (κ2) is 6.19. The Morgan fingerprint density at radius 2 is 1.74 bits per heavy atom. The summed E-state index contributed by atoms with van der Waals surface area (Å²) in [7, 11) is 0. The van der Waals surface area contributed by atoms with Crippen LogP contribution in [0.2, 0.25) is 5.02 Å². The van der Waals surface area contributed by atoms with E-state index in [2.05, 4.69) is 59.9 Å². The third kappa shape index (κ3) is 2.98. The molecule has 23 heavy (non-hydrogen) atoms. The van der Waals surface area contributed by atoms with E-state index in [1.165, 1.54) is 5.69 Å². The maximum atomic E-state index is 5.97. The van der Waals surface area contributed by atoms with Gasteiger partial charge in [-0.2, -0.15) is 0 Å². The molecular formula is C16H12BrClN4S. The maximum Gasteiger partial charge on any atom is 0.194 e. The number of benzene rings is 2. The van der Waals surface area contributed by atoms with Gasteiger partial charge in [-0.1, -0.05) is 39.3 Å². The third-order valence-corrected chi connectivity index (χ3v) is 5.45. The zero-order valence-electron chi connectivity index (χ0n) is 12.0. The minimum absolute atomic E-state index is 0.720. The number of rotatable bonds is 2. The van der Waals surface area contributed by atoms with Gasteiger partial charge in [0, 0.05) is 20.7 Å². The first-order valence-corrected chi connectivity index (χ1v) is 9.19. The van der Waals surface area contributed by atoms with Crippen LogP contribution in [0, 0.1) is 0 Å². The van der Waals surface area contributed by atoms with Crippen molar-refractivity contribution in [1.82, 2.24) is 14.8 Å². The summed E-state index contributed by atoms with van der Waals surface area (Å²) in [6, 6.07) is 16.0. The van der Waals surface area contributed by atoms with E-state index in [1.54, 1.807) is 11.8 Å². The molecule has 1 aliphatic heterocycles. The summed E-state index contributed by atoms with van der Waals surface area (Å²) >= 11 is 11.1. The SMILES string of the molecule is Clc1ccc(-c2nnc3n2CN(c2ccc(Br)cc2)CS3)cc1. The van der Waals surface area contributed by atoms with Crippen LogP contribution in [0.1, 0.15) is 0 Å². The van der Waals surface area contributed by atoms with Crippen molar-refractivity contribution in [3.05, 3.63) is 58.0 Å². The molecule has 0 saturated carbocycles. The smallest absolute Gasteiger partial charge is 0.194 e. The molecule has 0 fully saturated rings. The van der Waals surface area contributed by atoms with Crippen molar-refractivity contribution in [3.63, 3.8) is 0 Å². The van der Waals surface area contributed by atoms with E-state index < -0.39 is 0 Å². The maximum absolute atomic E-state index is 5.97. The quantitative estimate of drug-likeness (QED) is 0.606. The summed E-state index contributed by atoms with van der Waals surface area (Å²) in [5, 5.41) is 10.3. The molecule has 0 atom stereocenters. The van der Waals surface area contributed by atoms with Gasteiger partial charge in [-0.15, -0.1) is 10.2 Å². The van der Waals surface area contributed by atoms with Gasteiger partial charge >= 0.3 is 0 Å². The van der Waals surface area contributed by atoms with Gasteiger partial charge in [0.15, 0.2) is 11.0 Å². The van der Waals surface area contributed by atoms with Gasteiger partial charge in [0.2, 0.25) is 0 Å². The fraction of sp³-hybridized carbons (Fsp3) is 0.125. The molecule has 2 aromatic carbocycles. The van der Waals surface area contributed by atoms with Crippen molar-refractivity contribution < 1.29 is 0 Å². The van der Waals surface area contributed by atoms with Crippen LogP contribution in [0.25, 0.3) is 11.4 Å². The van der Waals surface area contributed by atoms with Gasteiger partial charge in [-0.3, -0.25) is 4.57 Å². The lowest BCUT2D eigenvalue weighted by atomic mass is 10.2. The topological polar surface area (TPSA) is 34.0 Å². The number of fused-ring (bicyclic) bond motifs is 1. The van der Waals surface area contributed by atoms with E-state index >= 15 is 0 Å². The molecular weight excluding hydrogens is 396 g/mol. The fourth-order valence-electron chi connectivity index (χ4n) is 2.49. The van der Waals surface area contributed by atoms with Gasteiger partial charge in [0.25, 0.3) is 0 Å². The summed E-state index contributed by atoms with van der Waals surface area (Å²) in [5.41, 5.74) is 2.20. The summed E-state index contributed by atoms with van der Waals surface area (Å²) in [5.74, 6) is 1.73. The molecule has 0 radical (unpaired) electrons. The average molecular weight is 408 g/mol. The molecule has 4 nitrogen and oxygen atoms in total. The van der Waals surface area contributed by atoms with Crippen molar-refractivity contribution in [2.45, 2.75) is 11.8 Å². The Bertz CT molecular complexity index is 832. The molecule has 1 aliphatic rings. The van der Waals surface area contributed by atoms with Gasteiger partial charge in [0.05, 0.1) is 12.5 Å². The average Bonchev–Trinajstić information content (AvgIpc) is 2.99. The Hall–Kier alpha value is -1.50. The van der Waals surface area contributed by atoms with Crippen LogP contribution in [0.5, 0.6) is 0 Å². The van der Waals surface area contributed by atoms with Crippen molar-refractivity contribution in [2.75, 3.05) is 10.8 Å². The van der Waals surface area contributed by atoms with E-state index in [-0.39, 0.29) is 0 Å². The Morgan fingerprint density at radius 1 is 1.00 bits per heavy atom. The van der Waals surface area contributed by atoms with Gasteiger partial charge in [0.1, 0.15) is 0 Å². The zero-order chi connectivity index (χ0) is 15.8. The highest BCUT2D eigenvalue weighted by Crippen LogP contribution is 2.32. The molecule has 0 spiro atoms. The van der Waals surface area contributed by atoms with Crippen LogP contribution in [0.4, 0.5) is 5.69 Å². The molecule has 0 bridgehead atoms. The number of nitrogens with zero attached hydrogens (tertiary/aromatic N) is 4. The van der Waals surface area contributed by atoms with Crippen molar-refractivity contribution in [1.29, 1.82) is 0 Å². The molecule has 0 amide bonds. The monoisotopic (exact) mass is 406 g/mol. The number of aromatic nitrogens is 3. The molecule has 3 aromatic rings. The van der Waals surface area contributed by atoms with Crippen molar-refractivity contribution in [3.8, 4) is 11.4 Å². The number of thioether (sulfide) groups is 1. The summed E-state index contributed by atoms with van der Waals surface area (Å²) in [4.78, 5) is 2.30. The molecule has 116 valence electrons. The fourth-order valence-corrected chi connectivity index (χ4v) is 3.78. The molecule has 0 saturated heterocycles. The van der Waals surface area contributed by atoms with Crippen LogP contribution >= 0.6 is 39.3 Å². The summed E-state index contributed by atoms with van der Waals surface area (Å²) in [6.45, 7) is 0.731. The molecule has 0 aliphatic carbocycles. The Balaban J connectivity index is 1.67. The predicted molar refractivity (Wildman–Crippen MR) is 97.8 cm³/mol. The normalized spacial score (nSPS) is 13.9. The predicted octanol–water partition coefficient (Wildman–Crippen LogP) is 4.89. The summed E-state index contributed by atoms with van der Waals surface area (Å²) < 4.78 is 3.22. The zero-order valence-corrected chi connectivity index (χ0v) is 15.1. The standard InChI is InChI=1S/C16H12BrClN4S/c17-12-3-7-14(8-4-12)21-9-22-15(19-20-16(22)23-10-21)11-1-5-13(18)6-2-11/h1-8H,9-10H2. The summed E-state index contributed by atoms with van der Waals surface area (Å²) in [6.07, 6.45) is 0. The molecule has 0 unspecified atom stereocenters. The molecule has 2 heterocycles. The van der Waals surface area contributed by atoms with E-state index in [0.717, 1.165) is 38.6 Å². The van der Waals surface area contributed by atoms with E-state index in [0.29, 0.717) is 0 Å². The lowest BCUT2D eigenvalue weighted by molar-refractivity contribution is 0.608. The first kappa shape index (κ1) is 15.1. The second-order valence-corrected chi connectivity index (χ2v) is 7.44. The van der Waals surface area contributed by atoms with Crippen molar-refractivity contribution in [2.24, 2.45) is 0 Å². The Labute approximate surface area is 151 Å². The lowest BCUT2D eigenvalue weighted by Crippen LogP contribution is -2.30. The van der Waals surface area contributed by atoms with Crippen LogP contribution in [0.3, 0.4) is 0 Å². The van der Waals surface area contributed by atoms with Crippen LogP contribution in [-0.4, -0.2) is 20.6 Å². The van der Waals surface area contributed by atoms with Gasteiger partial charge in [-0.05, 0) is 48.5 Å². The molecule has 4 rings (SSSR count). The number of anilines is 1. The van der Waals surface area contributed by atoms with Crippen molar-refractivity contribution >= 4 is 45.0 Å². The Morgan fingerprint density at radius 3 is 2.48 bits per heavy atom. The van der Waals surface area contributed by atoms with Crippen LogP contribution in [0.15, 0.2) is 58.2 Å². The molecule has 0 N–H and O–H groups in total. The van der Waals surface area contributed by atoms with E-state index in [1.807, 2.05) is 24.3 Å².